The third-order valence-electron chi connectivity index (χ3n) is 3.44. The summed E-state index contributed by atoms with van der Waals surface area (Å²) in [4.78, 5) is 0. The van der Waals surface area contributed by atoms with Crippen molar-refractivity contribution in [3.8, 4) is 0 Å². The minimum atomic E-state index is 1.21. The largest absolute Gasteiger partial charge is 0.0991 e. The number of allylic oxidation sites excluding steroid dienone is 7. The predicted octanol–water partition coefficient (Wildman–Crippen LogP) is 7.15. The van der Waals surface area contributed by atoms with E-state index in [0.29, 0.717) is 0 Å². The van der Waals surface area contributed by atoms with Crippen molar-refractivity contribution < 1.29 is 0 Å². The molecule has 114 valence electrons. The van der Waals surface area contributed by atoms with Gasteiger partial charge in [0, 0.05) is 0 Å². The van der Waals surface area contributed by atoms with Crippen LogP contribution in [0.4, 0.5) is 0 Å². The Hall–Kier alpha value is -1.04. The fraction of sp³-hybridized carbons (Fsp3) is 0.600. The van der Waals surface area contributed by atoms with Crippen LogP contribution in [-0.4, -0.2) is 0 Å². The van der Waals surface area contributed by atoms with E-state index in [1.54, 1.807) is 6.08 Å². The molecule has 0 fully saturated rings. The highest BCUT2D eigenvalue weighted by molar-refractivity contribution is 5.14. The molecule has 0 aliphatic rings. The quantitative estimate of drug-likeness (QED) is 0.233. The van der Waals surface area contributed by atoms with Crippen molar-refractivity contribution in [3.63, 3.8) is 0 Å². The van der Waals surface area contributed by atoms with Crippen LogP contribution in [0, 0.1) is 0 Å². The van der Waals surface area contributed by atoms with Gasteiger partial charge in [-0.3, -0.25) is 0 Å². The first kappa shape index (κ1) is 19.0. The summed E-state index contributed by atoms with van der Waals surface area (Å²) in [6, 6.07) is 0. The summed E-state index contributed by atoms with van der Waals surface area (Å²) in [6.45, 7) is 5.91. The summed E-state index contributed by atoms with van der Waals surface area (Å²) in [7, 11) is 0. The molecule has 0 aliphatic heterocycles. The smallest absolute Gasteiger partial charge is 0.0348 e. The van der Waals surface area contributed by atoms with Crippen molar-refractivity contribution >= 4 is 0 Å². The number of hydrogen-bond acceptors (Lipinski definition) is 0. The first-order valence-electron chi connectivity index (χ1n) is 8.52. The van der Waals surface area contributed by atoms with Crippen LogP contribution in [0.25, 0.3) is 0 Å². The molecule has 0 aromatic heterocycles. The second-order valence-corrected chi connectivity index (χ2v) is 5.40. The molecule has 0 unspecified atom stereocenters. The maximum absolute atomic E-state index is 3.63. The molecular weight excluding hydrogens is 240 g/mol. The van der Waals surface area contributed by atoms with Crippen LogP contribution in [0.1, 0.15) is 77.6 Å². The third-order valence-corrected chi connectivity index (χ3v) is 3.44. The summed E-state index contributed by atoms with van der Waals surface area (Å²) in [6.07, 6.45) is 29.6. The Kier molecular flexibility index (Phi) is 17.0. The molecule has 0 saturated carbocycles. The molecule has 20 heavy (non-hydrogen) atoms. The van der Waals surface area contributed by atoms with E-state index in [9.17, 15) is 0 Å². The van der Waals surface area contributed by atoms with Crippen molar-refractivity contribution in [2.75, 3.05) is 0 Å². The Morgan fingerprint density at radius 2 is 1.10 bits per heavy atom. The monoisotopic (exact) mass is 274 g/mol. The maximum atomic E-state index is 3.63. The number of rotatable bonds is 14. The van der Waals surface area contributed by atoms with Crippen molar-refractivity contribution in [3.05, 3.63) is 49.1 Å². The minimum Gasteiger partial charge on any atom is -0.0991 e. The topological polar surface area (TPSA) is 0 Å². The van der Waals surface area contributed by atoms with Gasteiger partial charge in [-0.2, -0.15) is 0 Å². The fourth-order valence-electron chi connectivity index (χ4n) is 2.20. The highest BCUT2D eigenvalue weighted by Crippen LogP contribution is 2.11. The van der Waals surface area contributed by atoms with Crippen LogP contribution in [0.2, 0.25) is 0 Å². The van der Waals surface area contributed by atoms with Crippen molar-refractivity contribution in [1.82, 2.24) is 0 Å². The Balaban J connectivity index is 3.16. The minimum absolute atomic E-state index is 1.21. The standard InChI is InChI=1S/C20H34/c1-3-5-7-9-11-13-15-17-19-20-18-16-14-12-10-8-6-4-2/h3,5,7,9,11,13,15H,1,4,6,8,10,12,14,16-20H2,2H3/b7-5-,11-9?,15-13?. The van der Waals surface area contributed by atoms with Gasteiger partial charge in [0.05, 0.1) is 0 Å². The van der Waals surface area contributed by atoms with Crippen LogP contribution in [0.15, 0.2) is 49.1 Å². The van der Waals surface area contributed by atoms with E-state index in [-0.39, 0.29) is 0 Å². The summed E-state index contributed by atoms with van der Waals surface area (Å²) in [5.74, 6) is 0. The molecule has 0 saturated heterocycles. The van der Waals surface area contributed by atoms with Gasteiger partial charge in [-0.1, -0.05) is 114 Å². The zero-order valence-corrected chi connectivity index (χ0v) is 13.5. The van der Waals surface area contributed by atoms with E-state index in [2.05, 4.69) is 31.7 Å². The van der Waals surface area contributed by atoms with Gasteiger partial charge in [0.25, 0.3) is 0 Å². The summed E-state index contributed by atoms with van der Waals surface area (Å²) in [5, 5.41) is 0. The molecule has 0 rings (SSSR count). The molecule has 0 nitrogen and oxygen atoms in total. The lowest BCUT2D eigenvalue weighted by Gasteiger charge is -2.01. The second kappa shape index (κ2) is 18.0. The molecule has 0 heteroatoms. The van der Waals surface area contributed by atoms with Crippen LogP contribution in [0.5, 0.6) is 0 Å². The van der Waals surface area contributed by atoms with Gasteiger partial charge in [0.15, 0.2) is 0 Å². The van der Waals surface area contributed by atoms with Gasteiger partial charge in [0.1, 0.15) is 0 Å². The zero-order valence-electron chi connectivity index (χ0n) is 13.5. The molecular formula is C20H34. The molecule has 0 amide bonds. The Morgan fingerprint density at radius 1 is 0.600 bits per heavy atom. The molecule has 0 bridgehead atoms. The lowest BCUT2D eigenvalue weighted by molar-refractivity contribution is 0.557. The van der Waals surface area contributed by atoms with Gasteiger partial charge in [0.2, 0.25) is 0 Å². The molecule has 0 radical (unpaired) electrons. The first-order valence-corrected chi connectivity index (χ1v) is 8.52. The maximum Gasteiger partial charge on any atom is -0.0348 e. The zero-order chi connectivity index (χ0) is 14.7. The van der Waals surface area contributed by atoms with Crippen LogP contribution in [-0.2, 0) is 0 Å². The molecule has 0 N–H and O–H groups in total. The van der Waals surface area contributed by atoms with Crippen molar-refractivity contribution in [2.24, 2.45) is 0 Å². The first-order chi connectivity index (χ1) is 9.91. The van der Waals surface area contributed by atoms with Gasteiger partial charge in [-0.15, -0.1) is 0 Å². The third kappa shape index (κ3) is 17.0. The SMILES string of the molecule is C=C/C=C\C=CC=CCCCCCCCCCCCC. The normalized spacial score (nSPS) is 12.1. The number of unbranched alkanes of at least 4 members (excludes halogenated alkanes) is 10. The van der Waals surface area contributed by atoms with Crippen LogP contribution < -0.4 is 0 Å². The van der Waals surface area contributed by atoms with E-state index >= 15 is 0 Å². The van der Waals surface area contributed by atoms with Gasteiger partial charge in [-0.05, 0) is 12.8 Å². The molecule has 0 aromatic rings. The van der Waals surface area contributed by atoms with E-state index in [4.69, 9.17) is 0 Å². The van der Waals surface area contributed by atoms with E-state index in [1.165, 1.54) is 70.6 Å². The Bertz CT molecular complexity index is 268. The highest BCUT2D eigenvalue weighted by Gasteiger charge is 1.91. The lowest BCUT2D eigenvalue weighted by Crippen LogP contribution is -1.81. The summed E-state index contributed by atoms with van der Waals surface area (Å²) >= 11 is 0. The Morgan fingerprint density at radius 3 is 1.70 bits per heavy atom. The van der Waals surface area contributed by atoms with E-state index in [0.717, 1.165) is 0 Å². The van der Waals surface area contributed by atoms with Gasteiger partial charge < -0.3 is 0 Å². The molecule has 0 heterocycles. The van der Waals surface area contributed by atoms with Gasteiger partial charge >= 0.3 is 0 Å². The average Bonchev–Trinajstić information content (AvgIpc) is 2.47. The molecule has 0 aliphatic carbocycles. The van der Waals surface area contributed by atoms with Crippen LogP contribution >= 0.6 is 0 Å². The molecule has 0 atom stereocenters. The van der Waals surface area contributed by atoms with Crippen LogP contribution in [0.3, 0.4) is 0 Å². The second-order valence-electron chi connectivity index (χ2n) is 5.40. The van der Waals surface area contributed by atoms with E-state index in [1.807, 2.05) is 18.2 Å². The summed E-state index contributed by atoms with van der Waals surface area (Å²) < 4.78 is 0. The molecule has 0 spiro atoms. The van der Waals surface area contributed by atoms with Gasteiger partial charge in [-0.25, -0.2) is 0 Å². The fourth-order valence-corrected chi connectivity index (χ4v) is 2.20. The predicted molar refractivity (Wildman–Crippen MR) is 94.1 cm³/mol. The van der Waals surface area contributed by atoms with Crippen molar-refractivity contribution in [2.45, 2.75) is 77.6 Å². The van der Waals surface area contributed by atoms with Crippen molar-refractivity contribution in [1.29, 1.82) is 0 Å². The number of hydrogen-bond donors (Lipinski definition) is 0. The lowest BCUT2D eigenvalue weighted by atomic mass is 10.1. The summed E-state index contributed by atoms with van der Waals surface area (Å²) in [5.41, 5.74) is 0. The van der Waals surface area contributed by atoms with E-state index < -0.39 is 0 Å². The Labute approximate surface area is 127 Å². The average molecular weight is 274 g/mol. The highest BCUT2D eigenvalue weighted by atomic mass is 14.0. The molecule has 0 aromatic carbocycles.